The average molecular weight is 448 g/mol. The van der Waals surface area contributed by atoms with Gasteiger partial charge in [-0.05, 0) is 55.2 Å². The van der Waals surface area contributed by atoms with Gasteiger partial charge < -0.3 is 10.2 Å². The molecule has 31 heavy (non-hydrogen) atoms. The topological polar surface area (TPSA) is 45.2 Å². The van der Waals surface area contributed by atoms with E-state index in [-0.39, 0.29) is 12.5 Å². The number of halogens is 4. The van der Waals surface area contributed by atoms with Crippen LogP contribution < -0.4 is 5.32 Å². The Labute approximate surface area is 183 Å². The van der Waals surface area contributed by atoms with Gasteiger partial charge in [0.2, 0.25) is 0 Å². The van der Waals surface area contributed by atoms with E-state index in [2.05, 4.69) is 10.3 Å². The van der Waals surface area contributed by atoms with Crippen molar-refractivity contribution in [3.63, 3.8) is 0 Å². The Morgan fingerprint density at radius 3 is 2.45 bits per heavy atom. The second kappa shape index (κ2) is 8.75. The van der Waals surface area contributed by atoms with E-state index in [0.29, 0.717) is 45.8 Å². The molecule has 0 aliphatic carbocycles. The van der Waals surface area contributed by atoms with Crippen molar-refractivity contribution in [3.8, 4) is 0 Å². The maximum Gasteiger partial charge on any atom is 0.416 e. The number of pyridine rings is 1. The molecule has 0 spiro atoms. The normalized spacial score (nSPS) is 14.6. The third-order valence-electron chi connectivity index (χ3n) is 5.45. The fourth-order valence-corrected chi connectivity index (χ4v) is 3.96. The van der Waals surface area contributed by atoms with Crippen molar-refractivity contribution in [2.24, 2.45) is 0 Å². The second-order valence-electron chi connectivity index (χ2n) is 7.61. The SMILES string of the molecule is O=C(c1cnc2ccc(Cl)cc2c1NCc1ccc(C(F)(F)F)cc1)N1CCCCC1. The number of nitrogens with one attached hydrogen (secondary N) is 1. The summed E-state index contributed by atoms with van der Waals surface area (Å²) < 4.78 is 38.5. The predicted molar refractivity (Wildman–Crippen MR) is 115 cm³/mol. The van der Waals surface area contributed by atoms with E-state index in [9.17, 15) is 18.0 Å². The van der Waals surface area contributed by atoms with Crippen molar-refractivity contribution in [1.82, 2.24) is 9.88 Å². The van der Waals surface area contributed by atoms with Crippen LogP contribution >= 0.6 is 11.6 Å². The number of carbonyl (C=O) groups excluding carboxylic acids is 1. The Bertz CT molecular complexity index is 1090. The largest absolute Gasteiger partial charge is 0.416 e. The summed E-state index contributed by atoms with van der Waals surface area (Å²) in [6, 6.07) is 10.2. The summed E-state index contributed by atoms with van der Waals surface area (Å²) in [6.07, 6.45) is 0.217. The Morgan fingerprint density at radius 2 is 1.77 bits per heavy atom. The molecule has 1 amide bonds. The molecule has 4 nitrogen and oxygen atoms in total. The number of rotatable bonds is 4. The third-order valence-corrected chi connectivity index (χ3v) is 5.69. The lowest BCUT2D eigenvalue weighted by atomic mass is 10.1. The Balaban J connectivity index is 1.67. The van der Waals surface area contributed by atoms with Gasteiger partial charge in [-0.1, -0.05) is 23.7 Å². The molecule has 2 aromatic carbocycles. The lowest BCUT2D eigenvalue weighted by Crippen LogP contribution is -2.36. The van der Waals surface area contributed by atoms with Gasteiger partial charge in [-0.2, -0.15) is 13.2 Å². The molecule has 162 valence electrons. The van der Waals surface area contributed by atoms with Crippen LogP contribution in [0, 0.1) is 0 Å². The number of fused-ring (bicyclic) bond motifs is 1. The molecule has 1 N–H and O–H groups in total. The number of piperidine rings is 1. The van der Waals surface area contributed by atoms with Gasteiger partial charge in [-0.3, -0.25) is 9.78 Å². The molecule has 3 aromatic rings. The van der Waals surface area contributed by atoms with Gasteiger partial charge in [-0.15, -0.1) is 0 Å². The Hall–Kier alpha value is -2.80. The Kier molecular flexibility index (Phi) is 6.05. The molecule has 1 fully saturated rings. The van der Waals surface area contributed by atoms with E-state index in [1.54, 1.807) is 24.4 Å². The molecule has 1 aliphatic heterocycles. The fourth-order valence-electron chi connectivity index (χ4n) is 3.79. The molecule has 0 bridgehead atoms. The molecule has 1 saturated heterocycles. The highest BCUT2D eigenvalue weighted by Gasteiger charge is 2.30. The van der Waals surface area contributed by atoms with Crippen LogP contribution in [0.4, 0.5) is 18.9 Å². The number of benzene rings is 2. The zero-order chi connectivity index (χ0) is 22.0. The van der Waals surface area contributed by atoms with Gasteiger partial charge in [0.25, 0.3) is 5.91 Å². The van der Waals surface area contributed by atoms with Crippen molar-refractivity contribution in [3.05, 3.63) is 70.4 Å². The molecule has 1 aliphatic rings. The third kappa shape index (κ3) is 4.77. The number of aromatic nitrogens is 1. The first-order valence-corrected chi connectivity index (χ1v) is 10.5. The summed E-state index contributed by atoms with van der Waals surface area (Å²) in [6.45, 7) is 1.65. The van der Waals surface area contributed by atoms with Gasteiger partial charge in [0.15, 0.2) is 0 Å². The number of alkyl halides is 3. The van der Waals surface area contributed by atoms with E-state index >= 15 is 0 Å². The summed E-state index contributed by atoms with van der Waals surface area (Å²) >= 11 is 6.19. The highest BCUT2D eigenvalue weighted by molar-refractivity contribution is 6.31. The maximum atomic E-state index is 13.2. The minimum absolute atomic E-state index is 0.107. The van der Waals surface area contributed by atoms with Crippen LogP contribution in [0.25, 0.3) is 10.9 Å². The summed E-state index contributed by atoms with van der Waals surface area (Å²) in [5.74, 6) is -0.107. The molecule has 8 heteroatoms. The highest BCUT2D eigenvalue weighted by atomic mass is 35.5. The molecule has 0 unspecified atom stereocenters. The molecule has 0 radical (unpaired) electrons. The smallest absolute Gasteiger partial charge is 0.380 e. The van der Waals surface area contributed by atoms with E-state index < -0.39 is 11.7 Å². The standard InChI is InChI=1S/C23H21ClF3N3O/c24-17-8-9-20-18(12-17)21(19(14-28-20)22(31)30-10-2-1-3-11-30)29-13-15-4-6-16(7-5-15)23(25,26)27/h4-9,12,14H,1-3,10-11,13H2,(H,28,29). The number of amides is 1. The van der Waals surface area contributed by atoms with E-state index in [1.165, 1.54) is 12.1 Å². The number of nitrogens with zero attached hydrogens (tertiary/aromatic N) is 2. The summed E-state index contributed by atoms with van der Waals surface area (Å²) in [4.78, 5) is 19.4. The van der Waals surface area contributed by atoms with Crippen LogP contribution in [-0.4, -0.2) is 28.9 Å². The van der Waals surface area contributed by atoms with Crippen molar-refractivity contribution < 1.29 is 18.0 Å². The predicted octanol–water partition coefficient (Wildman–Crippen LogP) is 6.15. The summed E-state index contributed by atoms with van der Waals surface area (Å²) in [7, 11) is 0. The van der Waals surface area contributed by atoms with E-state index in [4.69, 9.17) is 11.6 Å². The monoisotopic (exact) mass is 447 g/mol. The highest BCUT2D eigenvalue weighted by Crippen LogP contribution is 2.32. The van der Waals surface area contributed by atoms with E-state index in [0.717, 1.165) is 31.4 Å². The van der Waals surface area contributed by atoms with Crippen LogP contribution in [0.3, 0.4) is 0 Å². The molecular formula is C23H21ClF3N3O. The van der Waals surface area contributed by atoms with Gasteiger partial charge in [0, 0.05) is 36.2 Å². The molecule has 4 rings (SSSR count). The van der Waals surface area contributed by atoms with E-state index in [1.807, 2.05) is 4.90 Å². The lowest BCUT2D eigenvalue weighted by molar-refractivity contribution is -0.137. The molecule has 0 atom stereocenters. The van der Waals surface area contributed by atoms with Crippen LogP contribution in [-0.2, 0) is 12.7 Å². The minimum Gasteiger partial charge on any atom is -0.380 e. The average Bonchev–Trinajstić information content (AvgIpc) is 2.77. The number of hydrogen-bond acceptors (Lipinski definition) is 3. The molecule has 0 saturated carbocycles. The fraction of sp³-hybridized carbons (Fsp3) is 0.304. The first-order valence-electron chi connectivity index (χ1n) is 10.1. The van der Waals surface area contributed by atoms with Gasteiger partial charge in [0.05, 0.1) is 22.3 Å². The van der Waals surface area contributed by atoms with Gasteiger partial charge in [0.1, 0.15) is 0 Å². The molecular weight excluding hydrogens is 427 g/mol. The van der Waals surface area contributed by atoms with Crippen LogP contribution in [0.5, 0.6) is 0 Å². The van der Waals surface area contributed by atoms with Crippen LogP contribution in [0.15, 0.2) is 48.7 Å². The maximum absolute atomic E-state index is 13.2. The number of hydrogen-bond donors (Lipinski definition) is 1. The first-order chi connectivity index (χ1) is 14.8. The Morgan fingerprint density at radius 1 is 1.06 bits per heavy atom. The van der Waals surface area contributed by atoms with Crippen LogP contribution in [0.2, 0.25) is 5.02 Å². The molecule has 1 aromatic heterocycles. The number of carbonyl (C=O) groups is 1. The van der Waals surface area contributed by atoms with Crippen molar-refractivity contribution in [1.29, 1.82) is 0 Å². The van der Waals surface area contributed by atoms with Crippen molar-refractivity contribution in [2.75, 3.05) is 18.4 Å². The number of anilines is 1. The zero-order valence-electron chi connectivity index (χ0n) is 16.7. The van der Waals surface area contributed by atoms with Gasteiger partial charge in [-0.25, -0.2) is 0 Å². The van der Waals surface area contributed by atoms with Gasteiger partial charge >= 0.3 is 6.18 Å². The second-order valence-corrected chi connectivity index (χ2v) is 8.05. The van der Waals surface area contributed by atoms with Crippen LogP contribution in [0.1, 0.15) is 40.7 Å². The molecule has 2 heterocycles. The summed E-state index contributed by atoms with van der Waals surface area (Å²) in [5.41, 5.74) is 1.66. The zero-order valence-corrected chi connectivity index (χ0v) is 17.4. The lowest BCUT2D eigenvalue weighted by Gasteiger charge is -2.27. The quantitative estimate of drug-likeness (QED) is 0.522. The van der Waals surface area contributed by atoms with Crippen molar-refractivity contribution >= 4 is 34.1 Å². The summed E-state index contributed by atoms with van der Waals surface area (Å²) in [5, 5.41) is 4.46. The minimum atomic E-state index is -4.38. The van der Waals surface area contributed by atoms with Crippen molar-refractivity contribution in [2.45, 2.75) is 32.0 Å². The first kappa shape index (κ1) is 21.4. The number of likely N-dealkylation sites (tertiary alicyclic amines) is 1.